The molecule has 0 aromatic heterocycles. The van der Waals surface area contributed by atoms with E-state index in [-0.39, 0.29) is 6.61 Å². The molecule has 51 heavy (non-hydrogen) atoms. The number of nitrogens with two attached hydrogens (primary N) is 1. The molecule has 1 amide bonds. The van der Waals surface area contributed by atoms with Gasteiger partial charge in [0, 0.05) is 13.1 Å². The number of hydrogen-bond acceptors (Lipinski definition) is 17. The summed E-state index contributed by atoms with van der Waals surface area (Å²) in [6, 6.07) is 0. The topological polar surface area (TPSA) is 222 Å². The first kappa shape index (κ1) is 49.3. The van der Waals surface area contributed by atoms with Crippen molar-refractivity contribution < 1.29 is 81.0 Å². The fourth-order valence-corrected chi connectivity index (χ4v) is 3.37. The Bertz CT molecular complexity index is 715. The van der Waals surface area contributed by atoms with Crippen LogP contribution in [0, 0.1) is 0 Å². The molecule has 0 aliphatic carbocycles. The Balaban J connectivity index is 3.08. The normalized spacial score (nSPS) is 11.4. The van der Waals surface area contributed by atoms with Gasteiger partial charge in [-0.15, -0.1) is 0 Å². The van der Waals surface area contributed by atoms with Crippen LogP contribution in [0.4, 0.5) is 0 Å². The summed E-state index contributed by atoms with van der Waals surface area (Å²) in [6.07, 6.45) is 0. The van der Waals surface area contributed by atoms with Gasteiger partial charge in [-0.25, -0.2) is 4.79 Å². The van der Waals surface area contributed by atoms with Gasteiger partial charge in [0.2, 0.25) is 5.91 Å². The monoisotopic (exact) mass is 748 g/mol. The Morgan fingerprint density at radius 3 is 0.824 bits per heavy atom. The van der Waals surface area contributed by atoms with Gasteiger partial charge in [-0.05, 0) is 0 Å². The lowest BCUT2D eigenvalue weighted by Crippen LogP contribution is -2.31. The van der Waals surface area contributed by atoms with Crippen LogP contribution in [0.25, 0.3) is 0 Å². The molecule has 0 rings (SSSR count). The molecule has 0 aromatic rings. The van der Waals surface area contributed by atoms with Crippen LogP contribution in [-0.2, 0) is 75.9 Å². The summed E-state index contributed by atoms with van der Waals surface area (Å²) in [5, 5.41) is 11.0. The zero-order valence-corrected chi connectivity index (χ0v) is 30.3. The largest absolute Gasteiger partial charge is 0.480 e. The van der Waals surface area contributed by atoms with Crippen LogP contribution in [0.5, 0.6) is 0 Å². The molecule has 304 valence electrons. The minimum Gasteiger partial charge on any atom is -0.480 e. The van der Waals surface area contributed by atoms with Crippen LogP contribution in [0.1, 0.15) is 0 Å². The molecular formula is C32H64N2O17. The quantitative estimate of drug-likeness (QED) is 0.0596. The summed E-state index contributed by atoms with van der Waals surface area (Å²) in [5.41, 5.74) is 5.33. The lowest BCUT2D eigenvalue weighted by molar-refractivity contribution is -0.143. The van der Waals surface area contributed by atoms with E-state index in [2.05, 4.69) is 10.1 Å². The number of carboxylic acids is 1. The van der Waals surface area contributed by atoms with E-state index in [9.17, 15) is 9.59 Å². The standard InChI is InChI=1S/C32H64N2O17/c33-1-3-38-5-7-40-9-11-42-13-15-44-17-19-46-21-23-48-25-27-50-28-26-49-24-22-47-20-18-45-16-14-43-12-10-41-8-6-39-4-2-34-31(35)29-51-30-32(36)37/h1-30,33H2,(H,34,35)(H,36,37). The second-order valence-electron chi connectivity index (χ2n) is 9.99. The SMILES string of the molecule is NCCOCCOCCOCCOCCOCCOCCOCCOCCOCCOCCOCCOCCOCCNC(=O)COCC(=O)O. The lowest BCUT2D eigenvalue weighted by atomic mass is 10.6. The fraction of sp³-hybridized carbons (Fsp3) is 0.938. The van der Waals surface area contributed by atoms with Crippen LogP contribution in [-0.4, -0.2) is 215 Å². The molecule has 0 spiro atoms. The van der Waals surface area contributed by atoms with Gasteiger partial charge in [-0.1, -0.05) is 0 Å². The maximum absolute atomic E-state index is 11.4. The van der Waals surface area contributed by atoms with Crippen molar-refractivity contribution in [1.29, 1.82) is 0 Å². The van der Waals surface area contributed by atoms with Crippen LogP contribution < -0.4 is 11.1 Å². The Hall–Kier alpha value is -1.66. The molecular weight excluding hydrogens is 684 g/mol. The lowest BCUT2D eigenvalue weighted by Gasteiger charge is -2.09. The molecule has 0 unspecified atom stereocenters. The summed E-state index contributed by atoms with van der Waals surface area (Å²) in [6.45, 7) is 12.4. The minimum absolute atomic E-state index is 0.298. The van der Waals surface area contributed by atoms with Crippen molar-refractivity contribution >= 4 is 11.9 Å². The Morgan fingerprint density at radius 1 is 0.353 bits per heavy atom. The van der Waals surface area contributed by atoms with Crippen molar-refractivity contribution in [3.05, 3.63) is 0 Å². The van der Waals surface area contributed by atoms with Crippen molar-refractivity contribution in [2.75, 3.05) is 198 Å². The molecule has 19 heteroatoms. The summed E-state index contributed by atoms with van der Waals surface area (Å²) < 4.78 is 75.0. The third-order valence-electron chi connectivity index (χ3n) is 5.75. The number of aliphatic carboxylic acids is 1. The number of rotatable bonds is 45. The molecule has 0 aliphatic heterocycles. The highest BCUT2D eigenvalue weighted by molar-refractivity contribution is 5.77. The maximum atomic E-state index is 11.4. The van der Waals surface area contributed by atoms with Crippen molar-refractivity contribution in [2.45, 2.75) is 0 Å². The first-order valence-corrected chi connectivity index (χ1v) is 17.4. The highest BCUT2D eigenvalue weighted by Crippen LogP contribution is 1.88. The highest BCUT2D eigenvalue weighted by atomic mass is 16.6. The minimum atomic E-state index is -1.13. The van der Waals surface area contributed by atoms with Crippen LogP contribution in [0.15, 0.2) is 0 Å². The number of hydrogen-bond donors (Lipinski definition) is 3. The van der Waals surface area contributed by atoms with Crippen molar-refractivity contribution in [3.63, 3.8) is 0 Å². The molecule has 0 aliphatic rings. The Labute approximate surface area is 302 Å². The van der Waals surface area contributed by atoms with Crippen molar-refractivity contribution in [2.24, 2.45) is 5.73 Å². The molecule has 0 saturated heterocycles. The first-order valence-electron chi connectivity index (χ1n) is 17.4. The number of ether oxygens (including phenoxy) is 14. The van der Waals surface area contributed by atoms with Crippen molar-refractivity contribution in [3.8, 4) is 0 Å². The third kappa shape index (κ3) is 46.3. The predicted octanol–water partition coefficient (Wildman–Crippen LogP) is -1.62. The first-order chi connectivity index (χ1) is 25.2. The van der Waals surface area contributed by atoms with Gasteiger partial charge >= 0.3 is 5.97 Å². The smallest absolute Gasteiger partial charge is 0.329 e. The molecule has 0 bridgehead atoms. The number of amides is 1. The molecule has 0 aromatic carbocycles. The average Bonchev–Trinajstić information content (AvgIpc) is 3.12. The fourth-order valence-electron chi connectivity index (χ4n) is 3.37. The van der Waals surface area contributed by atoms with Crippen molar-refractivity contribution in [1.82, 2.24) is 5.32 Å². The molecule has 0 saturated carbocycles. The van der Waals surface area contributed by atoms with Gasteiger partial charge in [0.1, 0.15) is 13.2 Å². The van der Waals surface area contributed by atoms with E-state index in [0.29, 0.717) is 185 Å². The number of nitrogens with one attached hydrogen (secondary N) is 1. The van der Waals surface area contributed by atoms with E-state index in [0.717, 1.165) is 0 Å². The van der Waals surface area contributed by atoms with Gasteiger partial charge < -0.3 is 82.5 Å². The second-order valence-corrected chi connectivity index (χ2v) is 9.99. The van der Waals surface area contributed by atoms with Gasteiger partial charge in [-0.2, -0.15) is 0 Å². The van der Waals surface area contributed by atoms with E-state index >= 15 is 0 Å². The van der Waals surface area contributed by atoms with Crippen LogP contribution in [0.2, 0.25) is 0 Å². The van der Waals surface area contributed by atoms with Gasteiger partial charge in [0.15, 0.2) is 0 Å². The van der Waals surface area contributed by atoms with E-state index < -0.39 is 18.5 Å². The number of carboxylic acid groups (broad SMARTS) is 1. The number of carbonyl (C=O) groups excluding carboxylic acids is 1. The summed E-state index contributed by atoms with van der Waals surface area (Å²) in [4.78, 5) is 21.7. The molecule has 19 nitrogen and oxygen atoms in total. The third-order valence-corrected chi connectivity index (χ3v) is 5.75. The maximum Gasteiger partial charge on any atom is 0.329 e. The zero-order valence-electron chi connectivity index (χ0n) is 30.3. The van der Waals surface area contributed by atoms with Gasteiger partial charge in [0.25, 0.3) is 0 Å². The van der Waals surface area contributed by atoms with E-state index in [4.69, 9.17) is 72.4 Å². The van der Waals surface area contributed by atoms with E-state index in [1.54, 1.807) is 0 Å². The van der Waals surface area contributed by atoms with Crippen LogP contribution in [0.3, 0.4) is 0 Å². The van der Waals surface area contributed by atoms with E-state index in [1.165, 1.54) is 0 Å². The molecule has 4 N–H and O–H groups in total. The van der Waals surface area contributed by atoms with Crippen LogP contribution >= 0.6 is 0 Å². The molecule has 0 atom stereocenters. The average molecular weight is 749 g/mol. The number of carbonyl (C=O) groups is 2. The Morgan fingerprint density at radius 2 is 0.588 bits per heavy atom. The highest BCUT2D eigenvalue weighted by Gasteiger charge is 2.03. The van der Waals surface area contributed by atoms with Gasteiger partial charge in [0.05, 0.1) is 172 Å². The zero-order chi connectivity index (χ0) is 37.0. The van der Waals surface area contributed by atoms with Gasteiger partial charge in [-0.3, -0.25) is 4.79 Å². The Kier molecular flexibility index (Phi) is 43.1. The van der Waals surface area contributed by atoms with E-state index in [1.807, 2.05) is 0 Å². The predicted molar refractivity (Wildman–Crippen MR) is 181 cm³/mol. The summed E-state index contributed by atoms with van der Waals surface area (Å²) in [7, 11) is 0. The molecule has 0 fully saturated rings. The second kappa shape index (κ2) is 44.5. The summed E-state index contributed by atoms with van der Waals surface area (Å²) in [5.74, 6) is -1.52. The summed E-state index contributed by atoms with van der Waals surface area (Å²) >= 11 is 0. The molecule has 0 heterocycles. The molecule has 0 radical (unpaired) electrons.